The molecule has 0 aromatic heterocycles. The van der Waals surface area contributed by atoms with Crippen LogP contribution >= 0.6 is 11.6 Å². The van der Waals surface area contributed by atoms with Crippen LogP contribution in [-0.4, -0.2) is 0 Å². The van der Waals surface area contributed by atoms with Gasteiger partial charge in [-0.15, -0.1) is 0 Å². The molecule has 0 heterocycles. The topological polar surface area (TPSA) is 0 Å². The van der Waals surface area contributed by atoms with Crippen LogP contribution in [0, 0.1) is 5.92 Å². The van der Waals surface area contributed by atoms with E-state index in [9.17, 15) is 0 Å². The van der Waals surface area contributed by atoms with Gasteiger partial charge in [0.05, 0.1) is 0 Å². The third-order valence-corrected chi connectivity index (χ3v) is 3.48. The summed E-state index contributed by atoms with van der Waals surface area (Å²) in [5, 5.41) is 0.979. The maximum Gasteiger partial charge on any atom is 0.0395 e. The molecule has 0 aliphatic heterocycles. The summed E-state index contributed by atoms with van der Waals surface area (Å²) in [6.45, 7) is 6.53. The van der Waals surface area contributed by atoms with Crippen molar-refractivity contribution in [2.45, 2.75) is 46.5 Å². The molecule has 0 aromatic rings. The Kier molecular flexibility index (Phi) is 4.05. The molecule has 13 heavy (non-hydrogen) atoms. The van der Waals surface area contributed by atoms with Crippen LogP contribution in [0.4, 0.5) is 0 Å². The Hall–Kier alpha value is -0.230. The number of halogens is 1. The van der Waals surface area contributed by atoms with Crippen molar-refractivity contribution in [3.05, 3.63) is 22.3 Å². The average molecular weight is 199 g/mol. The highest BCUT2D eigenvalue weighted by atomic mass is 35.5. The Morgan fingerprint density at radius 2 is 2.23 bits per heavy atom. The van der Waals surface area contributed by atoms with Gasteiger partial charge in [0.15, 0.2) is 0 Å². The second-order valence-corrected chi connectivity index (χ2v) is 4.05. The first kappa shape index (κ1) is 10.8. The Bertz CT molecular complexity index is 236. The maximum atomic E-state index is 6.17. The van der Waals surface area contributed by atoms with Crippen molar-refractivity contribution in [3.63, 3.8) is 0 Å². The van der Waals surface area contributed by atoms with Gasteiger partial charge < -0.3 is 0 Å². The van der Waals surface area contributed by atoms with Gasteiger partial charge in [-0.25, -0.2) is 0 Å². The lowest BCUT2D eigenvalue weighted by atomic mass is 9.96. The van der Waals surface area contributed by atoms with Crippen molar-refractivity contribution in [2.75, 3.05) is 0 Å². The first-order valence-electron chi connectivity index (χ1n) is 5.28. The highest BCUT2D eigenvalue weighted by molar-refractivity contribution is 6.32. The first-order chi connectivity index (χ1) is 6.24. The van der Waals surface area contributed by atoms with Crippen molar-refractivity contribution >= 4 is 11.6 Å². The fourth-order valence-corrected chi connectivity index (χ4v) is 2.52. The van der Waals surface area contributed by atoms with Gasteiger partial charge in [0.25, 0.3) is 0 Å². The summed E-state index contributed by atoms with van der Waals surface area (Å²) in [5.74, 6) is 0.800. The second kappa shape index (κ2) is 4.85. The fourth-order valence-electron chi connectivity index (χ4n) is 2.30. The van der Waals surface area contributed by atoms with Gasteiger partial charge in [-0.2, -0.15) is 0 Å². The number of hydrogen-bond donors (Lipinski definition) is 0. The molecule has 1 heteroatoms. The fraction of sp³-hybridized carbons (Fsp3) is 0.667. The molecule has 1 aliphatic carbocycles. The van der Waals surface area contributed by atoms with Crippen LogP contribution < -0.4 is 0 Å². The van der Waals surface area contributed by atoms with Crippen molar-refractivity contribution in [3.8, 4) is 0 Å². The zero-order valence-electron chi connectivity index (χ0n) is 8.86. The second-order valence-electron chi connectivity index (χ2n) is 3.64. The van der Waals surface area contributed by atoms with Crippen LogP contribution in [0.25, 0.3) is 0 Å². The monoisotopic (exact) mass is 198 g/mol. The zero-order chi connectivity index (χ0) is 9.84. The van der Waals surface area contributed by atoms with Crippen molar-refractivity contribution in [2.24, 2.45) is 5.92 Å². The van der Waals surface area contributed by atoms with Gasteiger partial charge in [-0.1, -0.05) is 37.1 Å². The predicted molar refractivity (Wildman–Crippen MR) is 59.9 cm³/mol. The highest BCUT2D eigenvalue weighted by Gasteiger charge is 2.23. The minimum atomic E-state index is 0.800. The summed E-state index contributed by atoms with van der Waals surface area (Å²) >= 11 is 6.17. The molecule has 0 aromatic carbocycles. The van der Waals surface area contributed by atoms with E-state index in [4.69, 9.17) is 11.6 Å². The first-order valence-corrected chi connectivity index (χ1v) is 5.66. The van der Waals surface area contributed by atoms with E-state index >= 15 is 0 Å². The quantitative estimate of drug-likeness (QED) is 0.619. The molecule has 0 radical (unpaired) electrons. The van der Waals surface area contributed by atoms with E-state index in [0.717, 1.165) is 17.4 Å². The summed E-state index contributed by atoms with van der Waals surface area (Å²) in [6, 6.07) is 0. The van der Waals surface area contributed by atoms with Gasteiger partial charge in [0.1, 0.15) is 0 Å². The molecular formula is C12H19Cl. The molecule has 1 atom stereocenters. The van der Waals surface area contributed by atoms with E-state index in [1.165, 1.54) is 24.8 Å². The van der Waals surface area contributed by atoms with Gasteiger partial charge in [-0.05, 0) is 44.1 Å². The summed E-state index contributed by atoms with van der Waals surface area (Å²) < 4.78 is 0. The minimum absolute atomic E-state index is 0.800. The number of rotatable bonds is 3. The molecule has 0 nitrogen and oxygen atoms in total. The maximum absolute atomic E-state index is 6.17. The third-order valence-electron chi connectivity index (χ3n) is 3.04. The molecule has 0 N–H and O–H groups in total. The average Bonchev–Trinajstić information content (AvgIpc) is 2.58. The summed E-state index contributed by atoms with van der Waals surface area (Å²) in [7, 11) is 0. The Morgan fingerprint density at radius 3 is 2.69 bits per heavy atom. The molecule has 1 aliphatic rings. The van der Waals surface area contributed by atoms with E-state index in [2.05, 4.69) is 13.8 Å². The summed E-state index contributed by atoms with van der Waals surface area (Å²) in [4.78, 5) is 0. The molecule has 74 valence electrons. The predicted octanol–water partition coefficient (Wildman–Crippen LogP) is 4.66. The van der Waals surface area contributed by atoms with Crippen LogP contribution in [0.5, 0.6) is 0 Å². The van der Waals surface area contributed by atoms with E-state index in [1.807, 2.05) is 13.0 Å². The van der Waals surface area contributed by atoms with Crippen LogP contribution in [0.15, 0.2) is 22.3 Å². The van der Waals surface area contributed by atoms with E-state index in [0.29, 0.717) is 0 Å². The van der Waals surface area contributed by atoms with Crippen LogP contribution in [0.3, 0.4) is 0 Å². The minimum Gasteiger partial charge on any atom is -0.0844 e. The molecule has 0 bridgehead atoms. The Balaban J connectivity index is 2.92. The number of hydrogen-bond acceptors (Lipinski definition) is 0. The number of allylic oxidation sites excluding steroid dienone is 4. The largest absolute Gasteiger partial charge is 0.0844 e. The van der Waals surface area contributed by atoms with Crippen LogP contribution in [-0.2, 0) is 0 Å². The summed E-state index contributed by atoms with van der Waals surface area (Å²) in [6.07, 6.45) is 6.94. The Labute approximate surface area is 86.7 Å². The van der Waals surface area contributed by atoms with Gasteiger partial charge in [0.2, 0.25) is 0 Å². The summed E-state index contributed by atoms with van der Waals surface area (Å²) in [5.41, 5.74) is 3.03. The zero-order valence-corrected chi connectivity index (χ0v) is 9.62. The Morgan fingerprint density at radius 1 is 1.54 bits per heavy atom. The molecular weight excluding hydrogens is 180 g/mol. The van der Waals surface area contributed by atoms with Gasteiger partial charge in [-0.3, -0.25) is 0 Å². The standard InChI is InChI=1S/C12H19Cl/c1-4-9-7-8-11(10(9)5-2)12(13)6-3/h6,9H,4-5,7-8H2,1-3H3/b12-6+. The molecule has 0 fully saturated rings. The molecule has 0 amide bonds. The van der Waals surface area contributed by atoms with Gasteiger partial charge >= 0.3 is 0 Å². The lowest BCUT2D eigenvalue weighted by Crippen LogP contribution is -1.96. The lowest BCUT2D eigenvalue weighted by molar-refractivity contribution is 0.572. The molecule has 0 saturated heterocycles. The van der Waals surface area contributed by atoms with Crippen molar-refractivity contribution < 1.29 is 0 Å². The van der Waals surface area contributed by atoms with Gasteiger partial charge in [0, 0.05) is 5.03 Å². The molecule has 0 spiro atoms. The normalized spacial score (nSPS) is 24.3. The van der Waals surface area contributed by atoms with Crippen molar-refractivity contribution in [1.82, 2.24) is 0 Å². The lowest BCUT2D eigenvalue weighted by Gasteiger charge is -2.11. The SMILES string of the molecule is C/C=C(/Cl)C1=C(CC)C(CC)CC1. The molecule has 0 saturated carbocycles. The smallest absolute Gasteiger partial charge is 0.0395 e. The highest BCUT2D eigenvalue weighted by Crippen LogP contribution is 2.40. The molecule has 1 unspecified atom stereocenters. The van der Waals surface area contributed by atoms with Crippen LogP contribution in [0.1, 0.15) is 46.5 Å². The third kappa shape index (κ3) is 2.17. The van der Waals surface area contributed by atoms with E-state index in [-0.39, 0.29) is 0 Å². The van der Waals surface area contributed by atoms with E-state index in [1.54, 1.807) is 5.57 Å². The van der Waals surface area contributed by atoms with E-state index < -0.39 is 0 Å². The van der Waals surface area contributed by atoms with Crippen LogP contribution in [0.2, 0.25) is 0 Å². The molecule has 1 rings (SSSR count). The van der Waals surface area contributed by atoms with Crippen molar-refractivity contribution in [1.29, 1.82) is 0 Å².